The molecule has 8 nitrogen and oxygen atoms in total. The van der Waals surface area contributed by atoms with Crippen molar-refractivity contribution in [1.82, 2.24) is 0 Å². The highest BCUT2D eigenvalue weighted by Crippen LogP contribution is 2.35. The minimum absolute atomic E-state index is 0.0662. The minimum Gasteiger partial charge on any atom is -0.467 e. The molecule has 0 saturated heterocycles. The molecule has 2 aliphatic heterocycles. The van der Waals surface area contributed by atoms with E-state index in [9.17, 15) is 10.1 Å². The fraction of sp³-hybridized carbons (Fsp3) is 0.250. The second kappa shape index (κ2) is 5.80. The number of fused-ring (bicyclic) bond motifs is 3. The second-order valence-corrected chi connectivity index (χ2v) is 5.54. The first-order chi connectivity index (χ1) is 11.7. The molecular formula is C16H15N5O3. The molecule has 1 aromatic carbocycles. The third kappa shape index (κ3) is 2.51. The van der Waals surface area contributed by atoms with Crippen molar-refractivity contribution in [1.29, 1.82) is 0 Å². The van der Waals surface area contributed by atoms with Crippen molar-refractivity contribution in [3.05, 3.63) is 52.5 Å². The van der Waals surface area contributed by atoms with E-state index in [1.807, 2.05) is 17.0 Å². The van der Waals surface area contributed by atoms with Crippen LogP contribution in [0, 0.1) is 10.1 Å². The van der Waals surface area contributed by atoms with E-state index >= 15 is 0 Å². The lowest BCUT2D eigenvalue weighted by Gasteiger charge is -2.35. The van der Waals surface area contributed by atoms with Gasteiger partial charge in [0.25, 0.3) is 5.69 Å². The summed E-state index contributed by atoms with van der Waals surface area (Å²) in [5.41, 5.74) is 1.62. The Morgan fingerprint density at radius 1 is 1.42 bits per heavy atom. The van der Waals surface area contributed by atoms with Gasteiger partial charge in [-0.3, -0.25) is 20.1 Å². The quantitative estimate of drug-likeness (QED) is 0.691. The summed E-state index contributed by atoms with van der Waals surface area (Å²) in [6, 6.07) is 8.46. The fourth-order valence-corrected chi connectivity index (χ4v) is 2.86. The summed E-state index contributed by atoms with van der Waals surface area (Å²) in [4.78, 5) is 21.8. The molecule has 0 atom stereocenters. The Bertz CT molecular complexity index is 841. The van der Waals surface area contributed by atoms with Gasteiger partial charge in [-0.2, -0.15) is 0 Å². The maximum atomic E-state index is 11.0. The van der Waals surface area contributed by atoms with E-state index in [0.29, 0.717) is 12.4 Å². The predicted octanol–water partition coefficient (Wildman–Crippen LogP) is 2.82. The zero-order valence-electron chi connectivity index (χ0n) is 12.8. The molecule has 24 heavy (non-hydrogen) atoms. The minimum atomic E-state index is -0.387. The van der Waals surface area contributed by atoms with Gasteiger partial charge in [0.15, 0.2) is 11.7 Å². The van der Waals surface area contributed by atoms with Crippen molar-refractivity contribution < 1.29 is 9.34 Å². The smallest absolute Gasteiger partial charge is 0.271 e. The zero-order valence-corrected chi connectivity index (χ0v) is 12.8. The summed E-state index contributed by atoms with van der Waals surface area (Å²) >= 11 is 0. The average Bonchev–Trinajstić information content (AvgIpc) is 3.12. The van der Waals surface area contributed by atoms with Crippen LogP contribution in [-0.4, -0.2) is 29.7 Å². The first kappa shape index (κ1) is 14.4. The number of anilines is 2. The summed E-state index contributed by atoms with van der Waals surface area (Å²) < 4.78 is 5.31. The van der Waals surface area contributed by atoms with Crippen molar-refractivity contribution in [2.75, 3.05) is 23.3 Å². The molecule has 1 N–H and O–H groups in total. The standard InChI is InChI=1S/C16H15N5O3/c22-21(23)11-4-5-13-14(9-11)20-7-2-6-17-16(20)15(19-13)18-10-12-3-1-8-24-12/h1,3-5,8-9H,2,6-7,10H2,(H,18,19). The molecule has 122 valence electrons. The predicted molar refractivity (Wildman–Crippen MR) is 90.8 cm³/mol. The number of furan rings is 1. The summed E-state index contributed by atoms with van der Waals surface area (Å²) in [5.74, 6) is 2.15. The number of aliphatic imine (C=N–C) groups is 2. The number of nitrogens with zero attached hydrogens (tertiary/aromatic N) is 4. The topological polar surface area (TPSA) is 96.3 Å². The van der Waals surface area contributed by atoms with E-state index in [1.165, 1.54) is 6.07 Å². The number of nitro benzene ring substituents is 1. The lowest BCUT2D eigenvalue weighted by Crippen LogP contribution is -2.47. The monoisotopic (exact) mass is 325 g/mol. The Balaban J connectivity index is 1.73. The van der Waals surface area contributed by atoms with Crippen molar-refractivity contribution in [3.8, 4) is 0 Å². The average molecular weight is 325 g/mol. The molecule has 4 rings (SSSR count). The van der Waals surface area contributed by atoms with Crippen LogP contribution in [0.5, 0.6) is 0 Å². The Hall–Kier alpha value is -3.16. The summed E-state index contributed by atoms with van der Waals surface area (Å²) in [6.07, 6.45) is 2.51. The highest BCUT2D eigenvalue weighted by molar-refractivity contribution is 6.51. The van der Waals surface area contributed by atoms with E-state index in [0.717, 1.165) is 42.5 Å². The maximum absolute atomic E-state index is 11.0. The first-order valence-electron chi connectivity index (χ1n) is 7.67. The molecule has 0 aliphatic carbocycles. The largest absolute Gasteiger partial charge is 0.467 e. The Labute approximate surface area is 137 Å². The number of hydrogen-bond acceptors (Lipinski definition) is 6. The molecule has 2 aromatic rings. The van der Waals surface area contributed by atoms with Crippen LogP contribution in [0.1, 0.15) is 12.2 Å². The van der Waals surface area contributed by atoms with Crippen molar-refractivity contribution in [2.45, 2.75) is 13.0 Å². The van der Waals surface area contributed by atoms with E-state index < -0.39 is 0 Å². The molecule has 1 aromatic heterocycles. The highest BCUT2D eigenvalue weighted by atomic mass is 16.6. The zero-order chi connectivity index (χ0) is 16.5. The molecule has 0 fully saturated rings. The van der Waals surface area contributed by atoms with Crippen LogP contribution >= 0.6 is 0 Å². The third-order valence-corrected chi connectivity index (χ3v) is 3.98. The number of nitrogens with one attached hydrogen (secondary N) is 1. The lowest BCUT2D eigenvalue weighted by atomic mass is 10.1. The molecule has 0 unspecified atom stereocenters. The van der Waals surface area contributed by atoms with Gasteiger partial charge in [0.2, 0.25) is 0 Å². The van der Waals surface area contributed by atoms with Gasteiger partial charge in [-0.25, -0.2) is 0 Å². The van der Waals surface area contributed by atoms with Gasteiger partial charge >= 0.3 is 0 Å². The molecule has 0 saturated carbocycles. The molecule has 0 spiro atoms. The Kier molecular flexibility index (Phi) is 3.49. The van der Waals surface area contributed by atoms with Crippen molar-refractivity contribution >= 4 is 28.7 Å². The normalized spacial score (nSPS) is 17.8. The van der Waals surface area contributed by atoms with Crippen LogP contribution < -0.4 is 10.2 Å². The molecule has 0 bridgehead atoms. The van der Waals surface area contributed by atoms with Gasteiger partial charge in [-0.05, 0) is 24.6 Å². The molecule has 0 radical (unpaired) electrons. The molecular weight excluding hydrogens is 310 g/mol. The SMILES string of the molecule is O=[N+]([O-])c1ccc2c(c1)N1CCCN=C1C(=NCc1ccco1)N2. The second-order valence-electron chi connectivity index (χ2n) is 5.54. The van der Waals surface area contributed by atoms with Crippen LogP contribution in [-0.2, 0) is 6.54 Å². The molecule has 0 amide bonds. The summed E-state index contributed by atoms with van der Waals surface area (Å²) in [5, 5.41) is 14.3. The lowest BCUT2D eigenvalue weighted by molar-refractivity contribution is -0.384. The number of nitro groups is 1. The number of non-ortho nitro benzene ring substituents is 1. The van der Waals surface area contributed by atoms with Crippen LogP contribution in [0.3, 0.4) is 0 Å². The van der Waals surface area contributed by atoms with Gasteiger partial charge in [0.05, 0.1) is 29.1 Å². The van der Waals surface area contributed by atoms with Gasteiger partial charge in [-0.1, -0.05) is 0 Å². The van der Waals surface area contributed by atoms with E-state index in [-0.39, 0.29) is 10.6 Å². The van der Waals surface area contributed by atoms with Crippen LogP contribution in [0.4, 0.5) is 17.1 Å². The molecule has 2 aliphatic rings. The van der Waals surface area contributed by atoms with Gasteiger partial charge < -0.3 is 14.6 Å². The van der Waals surface area contributed by atoms with E-state index in [1.54, 1.807) is 18.4 Å². The van der Waals surface area contributed by atoms with Gasteiger partial charge in [0, 0.05) is 25.2 Å². The number of hydrogen-bond donors (Lipinski definition) is 1. The van der Waals surface area contributed by atoms with Crippen molar-refractivity contribution in [3.63, 3.8) is 0 Å². The third-order valence-electron chi connectivity index (χ3n) is 3.98. The van der Waals surface area contributed by atoms with Crippen molar-refractivity contribution in [2.24, 2.45) is 9.98 Å². The molecule has 3 heterocycles. The van der Waals surface area contributed by atoms with Crippen LogP contribution in [0.2, 0.25) is 0 Å². The van der Waals surface area contributed by atoms with Crippen LogP contribution in [0.25, 0.3) is 0 Å². The van der Waals surface area contributed by atoms with Gasteiger partial charge in [-0.15, -0.1) is 0 Å². The first-order valence-corrected chi connectivity index (χ1v) is 7.67. The van der Waals surface area contributed by atoms with E-state index in [4.69, 9.17) is 4.42 Å². The van der Waals surface area contributed by atoms with E-state index in [2.05, 4.69) is 15.3 Å². The van der Waals surface area contributed by atoms with Gasteiger partial charge in [0.1, 0.15) is 5.76 Å². The Morgan fingerprint density at radius 2 is 2.33 bits per heavy atom. The maximum Gasteiger partial charge on any atom is 0.271 e. The number of rotatable bonds is 3. The summed E-state index contributed by atoms with van der Waals surface area (Å²) in [7, 11) is 0. The highest BCUT2D eigenvalue weighted by Gasteiger charge is 2.30. The molecule has 8 heteroatoms. The fourth-order valence-electron chi connectivity index (χ4n) is 2.86. The summed E-state index contributed by atoms with van der Waals surface area (Å²) in [6.45, 7) is 1.89. The number of benzene rings is 1. The Morgan fingerprint density at radius 3 is 3.12 bits per heavy atom. The number of amidine groups is 2. The van der Waals surface area contributed by atoms with Crippen LogP contribution in [0.15, 0.2) is 51.0 Å².